The summed E-state index contributed by atoms with van der Waals surface area (Å²) >= 11 is 0. The molecule has 0 bridgehead atoms. The van der Waals surface area contributed by atoms with Crippen molar-refractivity contribution in [1.29, 1.82) is 0 Å². The van der Waals surface area contributed by atoms with Crippen molar-refractivity contribution in [2.75, 3.05) is 13.1 Å². The summed E-state index contributed by atoms with van der Waals surface area (Å²) in [5.74, 6) is 0.0419. The summed E-state index contributed by atoms with van der Waals surface area (Å²) in [7, 11) is 0. The van der Waals surface area contributed by atoms with Crippen molar-refractivity contribution in [3.8, 4) is 0 Å². The summed E-state index contributed by atoms with van der Waals surface area (Å²) in [5, 5.41) is 13.6. The molecule has 1 heterocycles. The van der Waals surface area contributed by atoms with E-state index in [2.05, 4.69) is 20.9 Å². The number of halogens is 1. The molecular formula is C10H20ClN5O. The highest BCUT2D eigenvalue weighted by atomic mass is 35.5. The molecule has 0 unspecified atom stereocenters. The average Bonchev–Trinajstić information content (AvgIpc) is 2.77. The van der Waals surface area contributed by atoms with E-state index < -0.39 is 0 Å². The number of nitrogens with one attached hydrogen (secondary N) is 2. The number of carbonyl (C=O) groups is 1. The quantitative estimate of drug-likeness (QED) is 0.736. The maximum atomic E-state index is 11.4. The molecule has 7 heteroatoms. The van der Waals surface area contributed by atoms with Crippen LogP contribution in [0.4, 0.5) is 0 Å². The SMILES string of the molecule is CCN[C@H](C)CNC(=O)CCn1ccnn1.Cl. The zero-order chi connectivity index (χ0) is 11.8. The van der Waals surface area contributed by atoms with Crippen molar-refractivity contribution in [3.05, 3.63) is 12.4 Å². The summed E-state index contributed by atoms with van der Waals surface area (Å²) in [6, 6.07) is 0.306. The second kappa shape index (κ2) is 8.95. The third-order valence-electron chi connectivity index (χ3n) is 2.20. The highest BCUT2D eigenvalue weighted by Crippen LogP contribution is 1.88. The second-order valence-electron chi connectivity index (χ2n) is 3.68. The normalized spacial score (nSPS) is 11.6. The monoisotopic (exact) mass is 261 g/mol. The lowest BCUT2D eigenvalue weighted by Gasteiger charge is -2.12. The van der Waals surface area contributed by atoms with E-state index in [-0.39, 0.29) is 18.3 Å². The number of carbonyl (C=O) groups excluding carboxylic acids is 1. The Hall–Kier alpha value is -1.14. The van der Waals surface area contributed by atoms with Crippen LogP contribution in [0.5, 0.6) is 0 Å². The minimum Gasteiger partial charge on any atom is -0.354 e. The van der Waals surface area contributed by atoms with E-state index in [0.29, 0.717) is 25.6 Å². The van der Waals surface area contributed by atoms with E-state index in [4.69, 9.17) is 0 Å². The van der Waals surface area contributed by atoms with Crippen LogP contribution in [0.15, 0.2) is 12.4 Å². The van der Waals surface area contributed by atoms with Gasteiger partial charge in [-0.15, -0.1) is 17.5 Å². The molecule has 1 aromatic rings. The highest BCUT2D eigenvalue weighted by Gasteiger charge is 2.04. The van der Waals surface area contributed by atoms with E-state index >= 15 is 0 Å². The van der Waals surface area contributed by atoms with Crippen LogP contribution in [0.25, 0.3) is 0 Å². The Balaban J connectivity index is 0.00000256. The highest BCUT2D eigenvalue weighted by molar-refractivity contribution is 5.85. The summed E-state index contributed by atoms with van der Waals surface area (Å²) in [6.45, 7) is 6.23. The van der Waals surface area contributed by atoms with Crippen molar-refractivity contribution in [2.45, 2.75) is 32.9 Å². The molecule has 0 radical (unpaired) electrons. The van der Waals surface area contributed by atoms with E-state index in [0.717, 1.165) is 6.54 Å². The first-order chi connectivity index (χ1) is 7.72. The van der Waals surface area contributed by atoms with Gasteiger partial charge in [0, 0.05) is 25.2 Å². The minimum absolute atomic E-state index is 0. The zero-order valence-electron chi connectivity index (χ0n) is 10.2. The third-order valence-corrected chi connectivity index (χ3v) is 2.20. The third kappa shape index (κ3) is 6.91. The molecule has 0 saturated heterocycles. The van der Waals surface area contributed by atoms with Gasteiger partial charge in [-0.25, -0.2) is 0 Å². The molecule has 17 heavy (non-hydrogen) atoms. The van der Waals surface area contributed by atoms with Gasteiger partial charge in [0.25, 0.3) is 0 Å². The van der Waals surface area contributed by atoms with Gasteiger partial charge in [0.2, 0.25) is 5.91 Å². The first-order valence-electron chi connectivity index (χ1n) is 5.56. The Morgan fingerprint density at radius 2 is 2.29 bits per heavy atom. The molecule has 0 saturated carbocycles. The Labute approximate surface area is 108 Å². The maximum absolute atomic E-state index is 11.4. The fourth-order valence-electron chi connectivity index (χ4n) is 1.34. The first-order valence-corrected chi connectivity index (χ1v) is 5.56. The lowest BCUT2D eigenvalue weighted by atomic mass is 10.3. The summed E-state index contributed by atoms with van der Waals surface area (Å²) in [5.41, 5.74) is 0. The topological polar surface area (TPSA) is 71.8 Å². The Kier molecular flexibility index (Phi) is 8.35. The van der Waals surface area contributed by atoms with E-state index in [9.17, 15) is 4.79 Å². The van der Waals surface area contributed by atoms with Crippen LogP contribution in [-0.2, 0) is 11.3 Å². The van der Waals surface area contributed by atoms with Crippen molar-refractivity contribution in [1.82, 2.24) is 25.6 Å². The van der Waals surface area contributed by atoms with Gasteiger partial charge < -0.3 is 10.6 Å². The fraction of sp³-hybridized carbons (Fsp3) is 0.700. The van der Waals surface area contributed by atoms with Crippen LogP contribution in [0, 0.1) is 0 Å². The summed E-state index contributed by atoms with van der Waals surface area (Å²) in [6.07, 6.45) is 3.78. The number of aryl methyl sites for hydroxylation is 1. The smallest absolute Gasteiger partial charge is 0.221 e. The average molecular weight is 262 g/mol. The van der Waals surface area contributed by atoms with Crippen LogP contribution in [0.2, 0.25) is 0 Å². The molecular weight excluding hydrogens is 242 g/mol. The van der Waals surface area contributed by atoms with Gasteiger partial charge in [-0.3, -0.25) is 9.48 Å². The second-order valence-corrected chi connectivity index (χ2v) is 3.68. The van der Waals surface area contributed by atoms with Gasteiger partial charge in [0.05, 0.1) is 12.7 Å². The lowest BCUT2D eigenvalue weighted by Crippen LogP contribution is -2.39. The molecule has 0 aliphatic carbocycles. The predicted molar refractivity (Wildman–Crippen MR) is 68.0 cm³/mol. The van der Waals surface area contributed by atoms with Crippen LogP contribution < -0.4 is 10.6 Å². The largest absolute Gasteiger partial charge is 0.354 e. The molecule has 2 N–H and O–H groups in total. The van der Waals surface area contributed by atoms with Gasteiger partial charge in [-0.1, -0.05) is 12.1 Å². The molecule has 0 spiro atoms. The number of likely N-dealkylation sites (N-methyl/N-ethyl adjacent to an activating group) is 1. The molecule has 0 aromatic carbocycles. The fourth-order valence-corrected chi connectivity index (χ4v) is 1.34. The predicted octanol–water partition coefficient (Wildman–Crippen LogP) is 0.204. The van der Waals surface area contributed by atoms with Gasteiger partial charge in [-0.2, -0.15) is 0 Å². The van der Waals surface area contributed by atoms with Crippen molar-refractivity contribution >= 4 is 18.3 Å². The standard InChI is InChI=1S/C10H19N5O.ClH/c1-3-11-9(2)8-12-10(16)4-6-15-7-5-13-14-15;/h5,7,9,11H,3-4,6,8H2,1-2H3,(H,12,16);1H/t9-;/m1./s1. The molecule has 6 nitrogen and oxygen atoms in total. The summed E-state index contributed by atoms with van der Waals surface area (Å²) < 4.78 is 1.65. The van der Waals surface area contributed by atoms with Crippen molar-refractivity contribution in [2.24, 2.45) is 0 Å². The minimum atomic E-state index is 0. The molecule has 0 aliphatic rings. The number of hydrogen-bond acceptors (Lipinski definition) is 4. The van der Waals surface area contributed by atoms with Crippen LogP contribution >= 0.6 is 12.4 Å². The molecule has 0 aliphatic heterocycles. The molecule has 1 amide bonds. The van der Waals surface area contributed by atoms with E-state index in [1.807, 2.05) is 13.8 Å². The number of amides is 1. The van der Waals surface area contributed by atoms with Gasteiger partial charge >= 0.3 is 0 Å². The van der Waals surface area contributed by atoms with Gasteiger partial charge in [-0.05, 0) is 13.5 Å². The Morgan fingerprint density at radius 3 is 2.88 bits per heavy atom. The van der Waals surface area contributed by atoms with Crippen LogP contribution in [-0.4, -0.2) is 40.0 Å². The van der Waals surface area contributed by atoms with Gasteiger partial charge in [0.15, 0.2) is 0 Å². The lowest BCUT2D eigenvalue weighted by molar-refractivity contribution is -0.121. The van der Waals surface area contributed by atoms with E-state index in [1.165, 1.54) is 0 Å². The van der Waals surface area contributed by atoms with Crippen LogP contribution in [0.3, 0.4) is 0 Å². The molecule has 98 valence electrons. The molecule has 1 atom stereocenters. The first kappa shape index (κ1) is 15.9. The van der Waals surface area contributed by atoms with E-state index in [1.54, 1.807) is 17.1 Å². The van der Waals surface area contributed by atoms with Crippen molar-refractivity contribution < 1.29 is 4.79 Å². The number of hydrogen-bond donors (Lipinski definition) is 2. The number of aromatic nitrogens is 3. The summed E-state index contributed by atoms with van der Waals surface area (Å²) in [4.78, 5) is 11.4. The van der Waals surface area contributed by atoms with Crippen LogP contribution in [0.1, 0.15) is 20.3 Å². The molecule has 1 aromatic heterocycles. The zero-order valence-corrected chi connectivity index (χ0v) is 11.0. The van der Waals surface area contributed by atoms with Gasteiger partial charge in [0.1, 0.15) is 0 Å². The Morgan fingerprint density at radius 1 is 1.53 bits per heavy atom. The molecule has 0 fully saturated rings. The molecule has 1 rings (SSSR count). The Bertz CT molecular complexity index is 304. The number of rotatable bonds is 7. The number of nitrogens with zero attached hydrogens (tertiary/aromatic N) is 3. The maximum Gasteiger partial charge on any atom is 0.221 e. The van der Waals surface area contributed by atoms with Crippen molar-refractivity contribution in [3.63, 3.8) is 0 Å².